The minimum atomic E-state index is -0.270. The third-order valence-corrected chi connectivity index (χ3v) is 4.57. The van der Waals surface area contributed by atoms with Crippen LogP contribution in [0.4, 0.5) is 10.5 Å². The molecule has 0 bridgehead atoms. The maximum atomic E-state index is 12.3. The molecule has 0 saturated carbocycles. The zero-order chi connectivity index (χ0) is 18.9. The number of benzene rings is 2. The maximum Gasteiger partial charge on any atom is 0.410 e. The Kier molecular flexibility index (Phi) is 6.66. The Hall–Kier alpha value is -3.04. The van der Waals surface area contributed by atoms with E-state index in [0.29, 0.717) is 25.3 Å². The molecule has 0 aliphatic carbocycles. The van der Waals surface area contributed by atoms with E-state index in [4.69, 9.17) is 10.00 Å². The van der Waals surface area contributed by atoms with E-state index in [9.17, 15) is 4.79 Å². The van der Waals surface area contributed by atoms with Crippen molar-refractivity contribution in [1.82, 2.24) is 10.2 Å². The smallest absolute Gasteiger partial charge is 0.410 e. The minimum Gasteiger partial charge on any atom is -0.445 e. The molecule has 2 aromatic rings. The maximum absolute atomic E-state index is 12.3. The monoisotopic (exact) mass is 364 g/mol. The first-order chi connectivity index (χ1) is 13.3. The van der Waals surface area contributed by atoms with E-state index < -0.39 is 0 Å². The average Bonchev–Trinajstić information content (AvgIpc) is 2.73. The number of carbonyl (C=O) groups excluding carboxylic acids is 1. The number of piperazine rings is 1. The minimum absolute atomic E-state index is 0.199. The molecule has 0 aromatic heterocycles. The molecule has 0 spiro atoms. The highest BCUT2D eigenvalue weighted by Crippen LogP contribution is 2.14. The molecule has 1 atom stereocenters. The summed E-state index contributed by atoms with van der Waals surface area (Å²) in [6.45, 7) is 3.04. The number of hydrogen-bond acceptors (Lipinski definition) is 5. The number of nitriles is 1. The van der Waals surface area contributed by atoms with Crippen LogP contribution in [0, 0.1) is 11.3 Å². The predicted molar refractivity (Wildman–Crippen MR) is 104 cm³/mol. The van der Waals surface area contributed by atoms with E-state index in [1.54, 1.807) is 11.0 Å². The van der Waals surface area contributed by atoms with Crippen LogP contribution in [-0.4, -0.2) is 43.2 Å². The molecule has 140 valence electrons. The van der Waals surface area contributed by atoms with Gasteiger partial charge in [0.05, 0.1) is 11.3 Å². The average molecular weight is 364 g/mol. The van der Waals surface area contributed by atoms with Gasteiger partial charge in [-0.3, -0.25) is 0 Å². The molecule has 6 heteroatoms. The molecule has 27 heavy (non-hydrogen) atoms. The molecule has 1 aliphatic heterocycles. The molecule has 1 aliphatic rings. The molecule has 3 rings (SSSR count). The van der Waals surface area contributed by atoms with Crippen molar-refractivity contribution in [2.45, 2.75) is 19.1 Å². The number of hydrogen-bond donors (Lipinski definition) is 2. The summed E-state index contributed by atoms with van der Waals surface area (Å²) in [5, 5.41) is 15.9. The summed E-state index contributed by atoms with van der Waals surface area (Å²) in [4.78, 5) is 14.1. The van der Waals surface area contributed by atoms with Crippen LogP contribution in [0.15, 0.2) is 54.6 Å². The highest BCUT2D eigenvalue weighted by Gasteiger charge is 2.24. The summed E-state index contributed by atoms with van der Waals surface area (Å²) in [5.74, 6) is 0. The van der Waals surface area contributed by atoms with Gasteiger partial charge in [-0.1, -0.05) is 42.5 Å². The zero-order valence-corrected chi connectivity index (χ0v) is 15.2. The Balaban J connectivity index is 1.43. The molecule has 1 saturated heterocycles. The van der Waals surface area contributed by atoms with Crippen molar-refractivity contribution in [3.63, 3.8) is 0 Å². The first-order valence-electron chi connectivity index (χ1n) is 9.18. The fraction of sp³-hybridized carbons (Fsp3) is 0.333. The van der Waals surface area contributed by atoms with E-state index in [-0.39, 0.29) is 12.1 Å². The van der Waals surface area contributed by atoms with Gasteiger partial charge in [0, 0.05) is 32.2 Å². The Morgan fingerprint density at radius 2 is 2.00 bits per heavy atom. The lowest BCUT2D eigenvalue weighted by Gasteiger charge is -2.33. The summed E-state index contributed by atoms with van der Waals surface area (Å²) in [5.41, 5.74) is 2.47. The van der Waals surface area contributed by atoms with Crippen molar-refractivity contribution in [3.8, 4) is 6.07 Å². The molecule has 1 amide bonds. The Bertz CT molecular complexity index is 788. The van der Waals surface area contributed by atoms with Crippen LogP contribution >= 0.6 is 0 Å². The number of nitrogens with zero attached hydrogens (tertiary/aromatic N) is 2. The lowest BCUT2D eigenvalue weighted by atomic mass is 10.1. The predicted octanol–water partition coefficient (Wildman–Crippen LogP) is 2.97. The van der Waals surface area contributed by atoms with Crippen LogP contribution in [0.3, 0.4) is 0 Å². The van der Waals surface area contributed by atoms with Crippen LogP contribution in [0.25, 0.3) is 0 Å². The van der Waals surface area contributed by atoms with Gasteiger partial charge in [-0.05, 0) is 24.1 Å². The van der Waals surface area contributed by atoms with Crippen LogP contribution in [-0.2, 0) is 11.3 Å². The number of amides is 1. The molecular formula is C21H24N4O2. The highest BCUT2D eigenvalue weighted by molar-refractivity contribution is 5.67. The Morgan fingerprint density at radius 1 is 1.22 bits per heavy atom. The third-order valence-electron chi connectivity index (χ3n) is 4.57. The van der Waals surface area contributed by atoms with Crippen molar-refractivity contribution in [1.29, 1.82) is 5.26 Å². The quantitative estimate of drug-likeness (QED) is 0.824. The zero-order valence-electron chi connectivity index (χ0n) is 15.2. The van der Waals surface area contributed by atoms with Crippen LogP contribution < -0.4 is 10.6 Å². The SMILES string of the molecule is N#Cc1ccccc1NCC[C@@H]1CN(C(=O)OCc2ccccc2)CCN1. The van der Waals surface area contributed by atoms with Crippen molar-refractivity contribution in [2.75, 3.05) is 31.5 Å². The van der Waals surface area contributed by atoms with E-state index in [2.05, 4.69) is 16.7 Å². The standard InChI is InChI=1S/C21H24N4O2/c22-14-18-8-4-5-9-20(18)24-11-10-19-15-25(13-12-23-19)21(26)27-16-17-6-2-1-3-7-17/h1-9,19,23-24H,10-13,15-16H2/t19-/m1/s1. The van der Waals surface area contributed by atoms with Crippen molar-refractivity contribution >= 4 is 11.8 Å². The second-order valence-electron chi connectivity index (χ2n) is 6.51. The summed E-state index contributed by atoms with van der Waals surface area (Å²) in [6.07, 6.45) is 0.579. The molecule has 1 heterocycles. The van der Waals surface area contributed by atoms with Crippen LogP contribution in [0.5, 0.6) is 0 Å². The first-order valence-corrected chi connectivity index (χ1v) is 9.18. The van der Waals surface area contributed by atoms with Crippen molar-refractivity contribution in [2.24, 2.45) is 0 Å². The summed E-state index contributed by atoms with van der Waals surface area (Å²) in [7, 11) is 0. The van der Waals surface area contributed by atoms with Gasteiger partial charge in [0.25, 0.3) is 0 Å². The molecule has 0 radical (unpaired) electrons. The van der Waals surface area contributed by atoms with Gasteiger partial charge in [-0.15, -0.1) is 0 Å². The van der Waals surface area contributed by atoms with E-state index in [1.165, 1.54) is 0 Å². The van der Waals surface area contributed by atoms with Gasteiger partial charge in [0.15, 0.2) is 0 Å². The van der Waals surface area contributed by atoms with Gasteiger partial charge in [-0.2, -0.15) is 5.26 Å². The fourth-order valence-corrected chi connectivity index (χ4v) is 3.11. The normalized spacial score (nSPS) is 16.4. The van der Waals surface area contributed by atoms with Gasteiger partial charge in [-0.25, -0.2) is 4.79 Å². The van der Waals surface area contributed by atoms with E-state index >= 15 is 0 Å². The van der Waals surface area contributed by atoms with Crippen molar-refractivity contribution < 1.29 is 9.53 Å². The summed E-state index contributed by atoms with van der Waals surface area (Å²) >= 11 is 0. The first kappa shape index (κ1) is 18.7. The number of nitrogens with one attached hydrogen (secondary N) is 2. The molecule has 0 unspecified atom stereocenters. The number of carbonyl (C=O) groups is 1. The van der Waals surface area contributed by atoms with Gasteiger partial charge in [0.2, 0.25) is 0 Å². The summed E-state index contributed by atoms with van der Waals surface area (Å²) < 4.78 is 5.43. The summed E-state index contributed by atoms with van der Waals surface area (Å²) in [6, 6.07) is 19.5. The van der Waals surface area contributed by atoms with E-state index in [1.807, 2.05) is 48.5 Å². The van der Waals surface area contributed by atoms with E-state index in [0.717, 1.165) is 30.8 Å². The lowest BCUT2D eigenvalue weighted by Crippen LogP contribution is -2.53. The Morgan fingerprint density at radius 3 is 2.81 bits per heavy atom. The van der Waals surface area contributed by atoms with Crippen LogP contribution in [0.1, 0.15) is 17.5 Å². The largest absolute Gasteiger partial charge is 0.445 e. The lowest BCUT2D eigenvalue weighted by molar-refractivity contribution is 0.0845. The van der Waals surface area contributed by atoms with Gasteiger partial charge < -0.3 is 20.3 Å². The number of anilines is 1. The number of rotatable bonds is 6. The molecular weight excluding hydrogens is 340 g/mol. The number of para-hydroxylation sites is 1. The molecule has 2 N–H and O–H groups in total. The highest BCUT2D eigenvalue weighted by atomic mass is 16.6. The molecule has 1 fully saturated rings. The van der Waals surface area contributed by atoms with Crippen molar-refractivity contribution in [3.05, 3.63) is 65.7 Å². The van der Waals surface area contributed by atoms with Gasteiger partial charge in [0.1, 0.15) is 12.7 Å². The Labute approximate surface area is 159 Å². The third kappa shape index (κ3) is 5.47. The number of ether oxygens (including phenoxy) is 1. The fourth-order valence-electron chi connectivity index (χ4n) is 3.11. The topological polar surface area (TPSA) is 77.4 Å². The van der Waals surface area contributed by atoms with Crippen LogP contribution in [0.2, 0.25) is 0 Å². The second-order valence-corrected chi connectivity index (χ2v) is 6.51. The molecule has 6 nitrogen and oxygen atoms in total. The second kappa shape index (κ2) is 9.60. The molecule has 2 aromatic carbocycles. The van der Waals surface area contributed by atoms with Gasteiger partial charge >= 0.3 is 6.09 Å².